The van der Waals surface area contributed by atoms with E-state index in [9.17, 15) is 0 Å². The average Bonchev–Trinajstić information content (AvgIpc) is 2.46. The number of ether oxygens (including phenoxy) is 1. The Balaban J connectivity index is 2.17. The van der Waals surface area contributed by atoms with Gasteiger partial charge in [0, 0.05) is 10.6 Å². The zero-order chi connectivity index (χ0) is 10.2. The third-order valence-corrected chi connectivity index (χ3v) is 2.52. The van der Waals surface area contributed by atoms with E-state index in [0.29, 0.717) is 0 Å². The zero-order valence-corrected chi connectivity index (χ0v) is 9.14. The summed E-state index contributed by atoms with van der Waals surface area (Å²) < 4.78 is 5.64. The summed E-state index contributed by atoms with van der Waals surface area (Å²) in [5.74, 6) is 0. The van der Waals surface area contributed by atoms with Crippen LogP contribution in [0.5, 0.6) is 0 Å². The van der Waals surface area contributed by atoms with E-state index in [0.717, 1.165) is 17.2 Å². The number of halogens is 1. The Labute approximate surface area is 89.2 Å². The van der Waals surface area contributed by atoms with E-state index >= 15 is 0 Å². The van der Waals surface area contributed by atoms with Gasteiger partial charge in [-0.25, -0.2) is 0 Å². The van der Waals surface area contributed by atoms with E-state index in [4.69, 9.17) is 16.3 Å². The molecule has 14 heavy (non-hydrogen) atoms. The van der Waals surface area contributed by atoms with Crippen molar-refractivity contribution >= 4 is 11.6 Å². The van der Waals surface area contributed by atoms with E-state index in [1.165, 1.54) is 0 Å². The number of hydrogen-bond donors (Lipinski definition) is 1. The first-order valence-corrected chi connectivity index (χ1v) is 5.09. The van der Waals surface area contributed by atoms with Crippen LogP contribution in [0, 0.1) is 0 Å². The Kier molecular flexibility index (Phi) is 2.52. The van der Waals surface area contributed by atoms with E-state index in [2.05, 4.69) is 19.2 Å². The van der Waals surface area contributed by atoms with Crippen molar-refractivity contribution < 1.29 is 4.74 Å². The average molecular weight is 212 g/mol. The zero-order valence-electron chi connectivity index (χ0n) is 8.38. The smallest absolute Gasteiger partial charge is 0.134 e. The maximum Gasteiger partial charge on any atom is 0.134 e. The molecule has 1 aromatic carbocycles. The fourth-order valence-electron chi connectivity index (χ4n) is 1.58. The van der Waals surface area contributed by atoms with Crippen molar-refractivity contribution in [3.8, 4) is 0 Å². The molecule has 1 aliphatic rings. The van der Waals surface area contributed by atoms with Gasteiger partial charge in [0.25, 0.3) is 0 Å². The number of hydrogen-bond acceptors (Lipinski definition) is 2. The highest BCUT2D eigenvalue weighted by atomic mass is 35.5. The molecule has 0 unspecified atom stereocenters. The van der Waals surface area contributed by atoms with E-state index in [1.807, 2.05) is 24.3 Å². The van der Waals surface area contributed by atoms with Gasteiger partial charge >= 0.3 is 0 Å². The van der Waals surface area contributed by atoms with Crippen molar-refractivity contribution in [1.82, 2.24) is 5.32 Å². The molecule has 0 radical (unpaired) electrons. The first kappa shape index (κ1) is 9.97. The van der Waals surface area contributed by atoms with Crippen molar-refractivity contribution in [2.75, 3.05) is 6.61 Å². The summed E-state index contributed by atoms with van der Waals surface area (Å²) in [6.07, 6.45) is -0.0244. The number of benzene rings is 1. The number of nitrogens with one attached hydrogen (secondary N) is 1. The molecular weight excluding hydrogens is 198 g/mol. The Morgan fingerprint density at radius 2 is 2.29 bits per heavy atom. The highest BCUT2D eigenvalue weighted by molar-refractivity contribution is 6.30. The standard InChI is InChI=1S/C11H14ClNO/c1-11(2)7-14-10(13-11)8-4-3-5-9(12)6-8/h3-6,10,13H,7H2,1-2H3/t10-/m1/s1. The van der Waals surface area contributed by atoms with Crippen molar-refractivity contribution in [2.24, 2.45) is 0 Å². The molecule has 76 valence electrons. The van der Waals surface area contributed by atoms with Gasteiger partial charge in [0.2, 0.25) is 0 Å². The first-order chi connectivity index (χ1) is 6.57. The van der Waals surface area contributed by atoms with Crippen molar-refractivity contribution in [3.05, 3.63) is 34.9 Å². The summed E-state index contributed by atoms with van der Waals surface area (Å²) >= 11 is 5.91. The summed E-state index contributed by atoms with van der Waals surface area (Å²) in [4.78, 5) is 0. The fraction of sp³-hybridized carbons (Fsp3) is 0.455. The number of rotatable bonds is 1. The van der Waals surface area contributed by atoms with Crippen molar-refractivity contribution in [1.29, 1.82) is 0 Å². The summed E-state index contributed by atoms with van der Waals surface area (Å²) in [6.45, 7) is 4.97. The lowest BCUT2D eigenvalue weighted by molar-refractivity contribution is 0.0989. The molecule has 0 aliphatic carbocycles. The van der Waals surface area contributed by atoms with Crippen LogP contribution < -0.4 is 5.32 Å². The SMILES string of the molecule is CC1(C)CO[C@H](c2cccc(Cl)c2)N1. The summed E-state index contributed by atoms with van der Waals surface area (Å²) in [5, 5.41) is 4.14. The van der Waals surface area contributed by atoms with Gasteiger partial charge in [-0.05, 0) is 31.5 Å². The molecule has 0 aromatic heterocycles. The van der Waals surface area contributed by atoms with Crippen molar-refractivity contribution in [2.45, 2.75) is 25.6 Å². The van der Waals surface area contributed by atoms with Gasteiger partial charge in [-0.2, -0.15) is 0 Å². The van der Waals surface area contributed by atoms with Gasteiger partial charge in [-0.3, -0.25) is 5.32 Å². The molecule has 0 spiro atoms. The van der Waals surface area contributed by atoms with Crippen LogP contribution in [-0.4, -0.2) is 12.1 Å². The van der Waals surface area contributed by atoms with Gasteiger partial charge in [0.15, 0.2) is 0 Å². The van der Waals surface area contributed by atoms with Crippen LogP contribution in [0.3, 0.4) is 0 Å². The predicted octanol–water partition coefficient (Wildman–Crippen LogP) is 2.74. The van der Waals surface area contributed by atoms with Crippen LogP contribution in [-0.2, 0) is 4.74 Å². The molecule has 1 N–H and O–H groups in total. The molecule has 3 heteroatoms. The lowest BCUT2D eigenvalue weighted by Crippen LogP contribution is -2.35. The Bertz CT molecular complexity index is 338. The summed E-state index contributed by atoms with van der Waals surface area (Å²) in [6, 6.07) is 7.75. The summed E-state index contributed by atoms with van der Waals surface area (Å²) in [5.41, 5.74) is 1.13. The molecule has 0 bridgehead atoms. The Morgan fingerprint density at radius 1 is 1.50 bits per heavy atom. The maximum atomic E-state index is 5.91. The molecule has 2 rings (SSSR count). The van der Waals surface area contributed by atoms with Gasteiger partial charge in [-0.15, -0.1) is 0 Å². The van der Waals surface area contributed by atoms with Crippen LogP contribution in [0.15, 0.2) is 24.3 Å². The van der Waals surface area contributed by atoms with Gasteiger partial charge in [0.05, 0.1) is 6.61 Å². The molecule has 0 saturated carbocycles. The minimum absolute atomic E-state index is 0.0244. The van der Waals surface area contributed by atoms with Gasteiger partial charge in [0.1, 0.15) is 6.23 Å². The third-order valence-electron chi connectivity index (χ3n) is 2.28. The fourth-order valence-corrected chi connectivity index (χ4v) is 1.78. The molecule has 2 nitrogen and oxygen atoms in total. The van der Waals surface area contributed by atoms with Gasteiger partial charge < -0.3 is 4.74 Å². The lowest BCUT2D eigenvalue weighted by Gasteiger charge is -2.17. The topological polar surface area (TPSA) is 21.3 Å². The minimum atomic E-state index is -0.0244. The van der Waals surface area contributed by atoms with Crippen LogP contribution in [0.4, 0.5) is 0 Å². The normalized spacial score (nSPS) is 25.2. The van der Waals surface area contributed by atoms with E-state index < -0.39 is 0 Å². The van der Waals surface area contributed by atoms with Crippen LogP contribution in [0.1, 0.15) is 25.6 Å². The first-order valence-electron chi connectivity index (χ1n) is 4.72. The Hall–Kier alpha value is -0.570. The Morgan fingerprint density at radius 3 is 2.86 bits per heavy atom. The molecule has 0 amide bonds. The molecule has 1 fully saturated rings. The van der Waals surface area contributed by atoms with Crippen LogP contribution in [0.2, 0.25) is 5.02 Å². The summed E-state index contributed by atoms with van der Waals surface area (Å²) in [7, 11) is 0. The highest BCUT2D eigenvalue weighted by Gasteiger charge is 2.31. The van der Waals surface area contributed by atoms with Crippen LogP contribution in [0.25, 0.3) is 0 Å². The molecular formula is C11H14ClNO. The van der Waals surface area contributed by atoms with E-state index in [-0.39, 0.29) is 11.8 Å². The quantitative estimate of drug-likeness (QED) is 0.772. The predicted molar refractivity (Wildman–Crippen MR) is 57.4 cm³/mol. The second-order valence-corrected chi connectivity index (χ2v) is 4.71. The molecule has 1 atom stereocenters. The largest absolute Gasteiger partial charge is 0.357 e. The molecule has 1 aromatic rings. The highest BCUT2D eigenvalue weighted by Crippen LogP contribution is 2.27. The second kappa shape index (κ2) is 3.54. The van der Waals surface area contributed by atoms with Gasteiger partial charge in [-0.1, -0.05) is 23.7 Å². The maximum absolute atomic E-state index is 5.91. The minimum Gasteiger partial charge on any atom is -0.357 e. The monoisotopic (exact) mass is 211 g/mol. The molecule has 1 heterocycles. The van der Waals surface area contributed by atoms with Crippen molar-refractivity contribution in [3.63, 3.8) is 0 Å². The molecule has 1 aliphatic heterocycles. The second-order valence-electron chi connectivity index (χ2n) is 4.27. The third kappa shape index (κ3) is 2.08. The lowest BCUT2D eigenvalue weighted by atomic mass is 10.1. The van der Waals surface area contributed by atoms with Crippen LogP contribution >= 0.6 is 11.6 Å². The van der Waals surface area contributed by atoms with E-state index in [1.54, 1.807) is 0 Å². The molecule has 1 saturated heterocycles.